The average molecular weight is 284 g/mol. The number of ether oxygens (including phenoxy) is 1. The van der Waals surface area contributed by atoms with E-state index in [1.165, 1.54) is 25.7 Å². The van der Waals surface area contributed by atoms with Crippen LogP contribution in [0, 0.1) is 5.92 Å². The molecule has 0 amide bonds. The van der Waals surface area contributed by atoms with Gasteiger partial charge < -0.3 is 4.74 Å². The van der Waals surface area contributed by atoms with Crippen molar-refractivity contribution in [1.29, 1.82) is 0 Å². The maximum atomic E-state index is 12.9. The summed E-state index contributed by atoms with van der Waals surface area (Å²) >= 11 is 0. The van der Waals surface area contributed by atoms with Crippen molar-refractivity contribution in [2.75, 3.05) is 7.11 Å². The first-order valence-corrected chi connectivity index (χ1v) is 7.81. The fraction of sp³-hybridized carbons (Fsp3) is 0.529. The monoisotopic (exact) mass is 284 g/mol. The van der Waals surface area contributed by atoms with Crippen molar-refractivity contribution in [3.05, 3.63) is 34.9 Å². The van der Waals surface area contributed by atoms with Crippen LogP contribution in [0.15, 0.2) is 29.3 Å². The lowest BCUT2D eigenvalue weighted by Crippen LogP contribution is -2.35. The third-order valence-electron chi connectivity index (χ3n) is 5.33. The van der Waals surface area contributed by atoms with Gasteiger partial charge in [0.2, 0.25) is 0 Å². The number of hydrogen-bond donors (Lipinski definition) is 0. The van der Waals surface area contributed by atoms with Crippen molar-refractivity contribution in [2.24, 2.45) is 5.92 Å². The third kappa shape index (κ3) is 1.81. The summed E-state index contributed by atoms with van der Waals surface area (Å²) in [5.41, 5.74) is 0.810. The van der Waals surface area contributed by atoms with E-state index in [-0.39, 0.29) is 11.1 Å². The lowest BCUT2D eigenvalue weighted by molar-refractivity contribution is 0.300. The summed E-state index contributed by atoms with van der Waals surface area (Å²) in [4.78, 5) is 17.4. The Morgan fingerprint density at radius 2 is 2.05 bits per heavy atom. The second kappa shape index (κ2) is 4.58. The van der Waals surface area contributed by atoms with Gasteiger partial charge in [-0.05, 0) is 43.7 Å². The summed E-state index contributed by atoms with van der Waals surface area (Å²) in [5, 5.41) is 0.668. The van der Waals surface area contributed by atoms with Crippen molar-refractivity contribution in [3.8, 4) is 5.75 Å². The van der Waals surface area contributed by atoms with Crippen LogP contribution in [0.4, 0.5) is 0 Å². The second-order valence-electron chi connectivity index (χ2n) is 6.36. The van der Waals surface area contributed by atoms with Crippen LogP contribution in [0.3, 0.4) is 0 Å². The Hall–Kier alpha value is -1.84. The number of methoxy groups -OCH3 is 1. The predicted octanol–water partition coefficient (Wildman–Crippen LogP) is 3.08. The summed E-state index contributed by atoms with van der Waals surface area (Å²) in [6.07, 6.45) is 9.10. The molecule has 0 bridgehead atoms. The fourth-order valence-electron chi connectivity index (χ4n) is 4.04. The quantitative estimate of drug-likeness (QED) is 0.870. The molecule has 1 heterocycles. The molecule has 4 rings (SSSR count). The molecule has 1 aromatic carbocycles. The molecule has 0 radical (unpaired) electrons. The van der Waals surface area contributed by atoms with Crippen molar-refractivity contribution in [2.45, 2.75) is 44.1 Å². The molecule has 0 unspecified atom stereocenters. The molecule has 1 aromatic heterocycles. The van der Waals surface area contributed by atoms with Gasteiger partial charge in [0.15, 0.2) is 0 Å². The molecule has 2 fully saturated rings. The van der Waals surface area contributed by atoms with E-state index >= 15 is 0 Å². The van der Waals surface area contributed by atoms with Gasteiger partial charge in [-0.2, -0.15) is 0 Å². The van der Waals surface area contributed by atoms with Gasteiger partial charge in [0.1, 0.15) is 11.3 Å². The van der Waals surface area contributed by atoms with Gasteiger partial charge in [-0.25, -0.2) is 4.98 Å². The van der Waals surface area contributed by atoms with Crippen LogP contribution in [-0.2, 0) is 5.54 Å². The topological polar surface area (TPSA) is 44.1 Å². The van der Waals surface area contributed by atoms with Gasteiger partial charge in [0, 0.05) is 0 Å². The first-order valence-electron chi connectivity index (χ1n) is 7.81. The van der Waals surface area contributed by atoms with Crippen LogP contribution in [0.25, 0.3) is 10.9 Å². The summed E-state index contributed by atoms with van der Waals surface area (Å²) in [7, 11) is 1.61. The second-order valence-corrected chi connectivity index (χ2v) is 6.36. The molecule has 0 N–H and O–H groups in total. The minimum absolute atomic E-state index is 0.0534. The number of hydrogen-bond acceptors (Lipinski definition) is 3. The standard InChI is InChI=1S/C17H20N2O2/c1-21-14-8-4-7-13-15(14)18-11-19(16(13)20)17(9-10-17)12-5-2-3-6-12/h4,7-8,11-12H,2-3,5-6,9-10H2,1H3. The zero-order chi connectivity index (χ0) is 14.4. The van der Waals surface area contributed by atoms with E-state index in [4.69, 9.17) is 4.74 Å². The molecule has 4 heteroatoms. The van der Waals surface area contributed by atoms with E-state index in [0.29, 0.717) is 22.6 Å². The zero-order valence-corrected chi connectivity index (χ0v) is 12.3. The number of nitrogens with zero attached hydrogens (tertiary/aromatic N) is 2. The molecule has 2 saturated carbocycles. The highest BCUT2D eigenvalue weighted by molar-refractivity contribution is 5.83. The molecule has 0 atom stereocenters. The lowest BCUT2D eigenvalue weighted by atomic mass is 9.95. The number of aromatic nitrogens is 2. The van der Waals surface area contributed by atoms with E-state index in [9.17, 15) is 4.79 Å². The molecule has 0 saturated heterocycles. The molecule has 2 aliphatic carbocycles. The minimum atomic E-state index is 0.0534. The maximum Gasteiger partial charge on any atom is 0.261 e. The summed E-state index contributed by atoms with van der Waals surface area (Å²) in [6.45, 7) is 0. The van der Waals surface area contributed by atoms with Gasteiger partial charge in [-0.1, -0.05) is 18.9 Å². The van der Waals surface area contributed by atoms with Gasteiger partial charge in [-0.15, -0.1) is 0 Å². The molecule has 0 spiro atoms. The molecule has 0 aliphatic heterocycles. The van der Waals surface area contributed by atoms with Crippen molar-refractivity contribution in [3.63, 3.8) is 0 Å². The Balaban J connectivity index is 1.87. The molecular formula is C17H20N2O2. The van der Waals surface area contributed by atoms with Crippen LogP contribution in [0.5, 0.6) is 5.75 Å². The Morgan fingerprint density at radius 3 is 2.71 bits per heavy atom. The first-order chi connectivity index (χ1) is 10.3. The highest BCUT2D eigenvalue weighted by Gasteiger charge is 2.52. The summed E-state index contributed by atoms with van der Waals surface area (Å²) in [6, 6.07) is 5.57. The molecular weight excluding hydrogens is 264 g/mol. The van der Waals surface area contributed by atoms with Crippen LogP contribution in [0.1, 0.15) is 38.5 Å². The Labute approximate surface area is 123 Å². The van der Waals surface area contributed by atoms with E-state index in [1.807, 2.05) is 22.8 Å². The fourth-order valence-corrected chi connectivity index (χ4v) is 4.04. The lowest BCUT2D eigenvalue weighted by Gasteiger charge is -2.25. The molecule has 110 valence electrons. The van der Waals surface area contributed by atoms with E-state index < -0.39 is 0 Å². The maximum absolute atomic E-state index is 12.9. The number of rotatable bonds is 3. The van der Waals surface area contributed by atoms with Gasteiger partial charge >= 0.3 is 0 Å². The zero-order valence-electron chi connectivity index (χ0n) is 12.3. The smallest absolute Gasteiger partial charge is 0.261 e. The molecule has 2 aromatic rings. The molecule has 2 aliphatic rings. The van der Waals surface area contributed by atoms with E-state index in [2.05, 4.69) is 4.98 Å². The number of fused-ring (bicyclic) bond motifs is 1. The van der Waals surface area contributed by atoms with Crippen LogP contribution < -0.4 is 10.3 Å². The number of benzene rings is 1. The summed E-state index contributed by atoms with van der Waals surface area (Å²) in [5.74, 6) is 1.32. The Bertz CT molecular complexity index is 740. The van der Waals surface area contributed by atoms with Crippen LogP contribution >= 0.6 is 0 Å². The van der Waals surface area contributed by atoms with Crippen molar-refractivity contribution in [1.82, 2.24) is 9.55 Å². The first kappa shape index (κ1) is 12.9. The average Bonchev–Trinajstić information content (AvgIpc) is 3.12. The van der Waals surface area contributed by atoms with E-state index in [0.717, 1.165) is 12.8 Å². The Kier molecular flexibility index (Phi) is 2.81. The van der Waals surface area contributed by atoms with Crippen molar-refractivity contribution < 1.29 is 4.74 Å². The van der Waals surface area contributed by atoms with Gasteiger partial charge in [-0.3, -0.25) is 9.36 Å². The van der Waals surface area contributed by atoms with Crippen LogP contribution in [0.2, 0.25) is 0 Å². The third-order valence-corrected chi connectivity index (χ3v) is 5.33. The minimum Gasteiger partial charge on any atom is -0.494 e. The Morgan fingerprint density at radius 1 is 1.29 bits per heavy atom. The van der Waals surface area contributed by atoms with Crippen LogP contribution in [-0.4, -0.2) is 16.7 Å². The van der Waals surface area contributed by atoms with E-state index in [1.54, 1.807) is 13.4 Å². The van der Waals surface area contributed by atoms with Crippen molar-refractivity contribution >= 4 is 10.9 Å². The molecule has 21 heavy (non-hydrogen) atoms. The number of para-hydroxylation sites is 1. The predicted molar refractivity (Wildman–Crippen MR) is 81.7 cm³/mol. The van der Waals surface area contributed by atoms with Gasteiger partial charge in [0.05, 0.1) is 24.4 Å². The van der Waals surface area contributed by atoms with Gasteiger partial charge in [0.25, 0.3) is 5.56 Å². The largest absolute Gasteiger partial charge is 0.494 e. The normalized spacial score (nSPS) is 20.8. The highest BCUT2D eigenvalue weighted by Crippen LogP contribution is 2.54. The SMILES string of the molecule is COc1cccc2c(=O)n(C3(C4CCCC4)CC3)cnc12. The summed E-state index contributed by atoms with van der Waals surface area (Å²) < 4.78 is 7.23. The highest BCUT2D eigenvalue weighted by atomic mass is 16.5. The molecule has 4 nitrogen and oxygen atoms in total.